The van der Waals surface area contributed by atoms with Crippen LogP contribution in [0.15, 0.2) is 22.7 Å². The van der Waals surface area contributed by atoms with E-state index < -0.39 is 5.97 Å². The number of benzene rings is 1. The molecule has 1 aliphatic rings. The van der Waals surface area contributed by atoms with Gasteiger partial charge in [-0.05, 0) is 31.0 Å². The maximum Gasteiger partial charge on any atom is 0.306 e. The van der Waals surface area contributed by atoms with Crippen LogP contribution in [0, 0.1) is 0 Å². The fourth-order valence-electron chi connectivity index (χ4n) is 2.37. The van der Waals surface area contributed by atoms with E-state index in [9.17, 15) is 9.59 Å². The van der Waals surface area contributed by atoms with Crippen molar-refractivity contribution in [1.29, 1.82) is 0 Å². The maximum absolute atomic E-state index is 11.7. The second kappa shape index (κ2) is 8.52. The molecule has 1 aromatic carbocycles. The molecule has 1 fully saturated rings. The van der Waals surface area contributed by atoms with Crippen molar-refractivity contribution in [2.75, 3.05) is 20.8 Å². The third-order valence-electron chi connectivity index (χ3n) is 3.96. The maximum atomic E-state index is 11.7. The number of nitrogens with zero attached hydrogens (tertiary/aromatic N) is 2. The van der Waals surface area contributed by atoms with Gasteiger partial charge in [-0.2, -0.15) is 4.98 Å². The molecule has 0 radical (unpaired) electrons. The molecule has 1 heterocycles. The van der Waals surface area contributed by atoms with Crippen molar-refractivity contribution in [2.24, 2.45) is 0 Å². The standard InChI is InChI=1S/C18H21N3O6/c1-24-13-6-3-11(9-14(13)25-2)18-20-16(27-21-18)7-8-17(23)26-10-15(22)19-12-4-5-12/h3,6,9,12H,4-5,7-8,10H2,1-2H3,(H,19,22). The highest BCUT2D eigenvalue weighted by atomic mass is 16.5. The Kier molecular flexibility index (Phi) is 5.90. The molecule has 0 atom stereocenters. The summed E-state index contributed by atoms with van der Waals surface area (Å²) < 4.78 is 20.5. The van der Waals surface area contributed by atoms with Crippen LogP contribution in [0.1, 0.15) is 25.2 Å². The Labute approximate surface area is 156 Å². The number of amides is 1. The average Bonchev–Trinajstić information content (AvgIpc) is 3.37. The first-order valence-electron chi connectivity index (χ1n) is 8.59. The van der Waals surface area contributed by atoms with Gasteiger partial charge in [0, 0.05) is 18.0 Å². The van der Waals surface area contributed by atoms with Crippen molar-refractivity contribution >= 4 is 11.9 Å². The smallest absolute Gasteiger partial charge is 0.306 e. The first-order chi connectivity index (χ1) is 13.1. The van der Waals surface area contributed by atoms with E-state index in [1.807, 2.05) is 0 Å². The van der Waals surface area contributed by atoms with Crippen LogP contribution in [-0.4, -0.2) is 48.9 Å². The largest absolute Gasteiger partial charge is 0.493 e. The van der Waals surface area contributed by atoms with Gasteiger partial charge in [0.2, 0.25) is 11.7 Å². The molecule has 1 N–H and O–H groups in total. The molecule has 144 valence electrons. The molecule has 0 unspecified atom stereocenters. The second-order valence-electron chi connectivity index (χ2n) is 6.08. The van der Waals surface area contributed by atoms with Gasteiger partial charge < -0.3 is 24.1 Å². The first-order valence-corrected chi connectivity index (χ1v) is 8.59. The van der Waals surface area contributed by atoms with Gasteiger partial charge in [-0.3, -0.25) is 9.59 Å². The number of aromatic nitrogens is 2. The number of aryl methyl sites for hydroxylation is 1. The zero-order valence-electron chi connectivity index (χ0n) is 15.2. The topological polar surface area (TPSA) is 113 Å². The lowest BCUT2D eigenvalue weighted by Crippen LogP contribution is -2.30. The number of nitrogens with one attached hydrogen (secondary N) is 1. The first kappa shape index (κ1) is 18.7. The van der Waals surface area contributed by atoms with Crippen molar-refractivity contribution in [1.82, 2.24) is 15.5 Å². The molecule has 27 heavy (non-hydrogen) atoms. The summed E-state index contributed by atoms with van der Waals surface area (Å²) in [4.78, 5) is 27.5. The quantitative estimate of drug-likeness (QED) is 0.656. The van der Waals surface area contributed by atoms with Crippen LogP contribution in [0.3, 0.4) is 0 Å². The molecule has 0 saturated heterocycles. The summed E-state index contributed by atoms with van der Waals surface area (Å²) in [5.74, 6) is 1.06. The molecule has 1 amide bonds. The molecule has 0 spiro atoms. The Hall–Kier alpha value is -3.10. The predicted octanol–water partition coefficient (Wildman–Crippen LogP) is 1.51. The number of esters is 1. The van der Waals surface area contributed by atoms with E-state index in [2.05, 4.69) is 15.5 Å². The van der Waals surface area contributed by atoms with Crippen molar-refractivity contribution in [3.63, 3.8) is 0 Å². The highest BCUT2D eigenvalue weighted by molar-refractivity contribution is 5.81. The molecule has 1 saturated carbocycles. The van der Waals surface area contributed by atoms with Crippen molar-refractivity contribution in [3.05, 3.63) is 24.1 Å². The highest BCUT2D eigenvalue weighted by Gasteiger charge is 2.23. The fraction of sp³-hybridized carbons (Fsp3) is 0.444. The summed E-state index contributed by atoms with van der Waals surface area (Å²) in [5.41, 5.74) is 0.696. The Morgan fingerprint density at radius 2 is 2.00 bits per heavy atom. The van der Waals surface area contributed by atoms with Gasteiger partial charge in [-0.25, -0.2) is 0 Å². The van der Waals surface area contributed by atoms with Crippen molar-refractivity contribution < 1.29 is 28.3 Å². The third kappa shape index (κ3) is 5.19. The number of methoxy groups -OCH3 is 2. The molecule has 3 rings (SSSR count). The van der Waals surface area contributed by atoms with Crippen LogP contribution < -0.4 is 14.8 Å². The lowest BCUT2D eigenvalue weighted by atomic mass is 10.2. The predicted molar refractivity (Wildman–Crippen MR) is 93.3 cm³/mol. The summed E-state index contributed by atoms with van der Waals surface area (Å²) in [7, 11) is 3.10. The van der Waals surface area contributed by atoms with Crippen LogP contribution in [0.25, 0.3) is 11.4 Å². The summed E-state index contributed by atoms with van der Waals surface area (Å²) in [5, 5.41) is 6.66. The van der Waals surface area contributed by atoms with Crippen LogP contribution in [0.4, 0.5) is 0 Å². The Bertz CT molecular complexity index is 815. The molecule has 9 heteroatoms. The van der Waals surface area contributed by atoms with E-state index in [4.69, 9.17) is 18.7 Å². The van der Waals surface area contributed by atoms with Gasteiger partial charge in [0.05, 0.1) is 20.6 Å². The molecule has 0 aliphatic heterocycles. The van der Waals surface area contributed by atoms with E-state index in [1.54, 1.807) is 32.4 Å². The number of carbonyl (C=O) groups excluding carboxylic acids is 2. The van der Waals surface area contributed by atoms with Gasteiger partial charge in [0.15, 0.2) is 18.1 Å². The van der Waals surface area contributed by atoms with E-state index in [1.165, 1.54) is 0 Å². The molecule has 2 aromatic rings. The minimum absolute atomic E-state index is 0.0459. The monoisotopic (exact) mass is 375 g/mol. The van der Waals surface area contributed by atoms with Gasteiger partial charge in [0.1, 0.15) is 0 Å². The summed E-state index contributed by atoms with van der Waals surface area (Å²) >= 11 is 0. The van der Waals surface area contributed by atoms with Crippen LogP contribution >= 0.6 is 0 Å². The number of hydrogen-bond acceptors (Lipinski definition) is 8. The Morgan fingerprint density at radius 1 is 1.22 bits per heavy atom. The van der Waals surface area contributed by atoms with Gasteiger partial charge in [0.25, 0.3) is 5.91 Å². The summed E-state index contributed by atoms with van der Waals surface area (Å²) in [6, 6.07) is 5.50. The number of carbonyl (C=O) groups is 2. The van der Waals surface area contributed by atoms with Gasteiger partial charge in [-0.1, -0.05) is 5.16 Å². The lowest BCUT2D eigenvalue weighted by Gasteiger charge is -2.07. The minimum atomic E-state index is -0.494. The molecular formula is C18H21N3O6. The van der Waals surface area contributed by atoms with Crippen LogP contribution in [-0.2, 0) is 20.7 Å². The second-order valence-corrected chi connectivity index (χ2v) is 6.08. The van der Waals surface area contributed by atoms with Crippen molar-refractivity contribution in [3.8, 4) is 22.9 Å². The van der Waals surface area contributed by atoms with E-state index in [-0.39, 0.29) is 31.4 Å². The minimum Gasteiger partial charge on any atom is -0.493 e. The zero-order chi connectivity index (χ0) is 19.2. The Morgan fingerprint density at radius 3 is 2.70 bits per heavy atom. The molecule has 1 aliphatic carbocycles. The SMILES string of the molecule is COc1ccc(-c2noc(CCC(=O)OCC(=O)NC3CC3)n2)cc1OC. The van der Waals surface area contributed by atoms with E-state index >= 15 is 0 Å². The molecule has 0 bridgehead atoms. The summed E-state index contributed by atoms with van der Waals surface area (Å²) in [6.07, 6.45) is 2.24. The summed E-state index contributed by atoms with van der Waals surface area (Å²) in [6.45, 7) is -0.268. The average molecular weight is 375 g/mol. The Balaban J connectivity index is 1.50. The van der Waals surface area contributed by atoms with Crippen LogP contribution in [0.5, 0.6) is 11.5 Å². The molecule has 1 aromatic heterocycles. The van der Waals surface area contributed by atoms with E-state index in [0.717, 1.165) is 12.8 Å². The van der Waals surface area contributed by atoms with Gasteiger partial charge >= 0.3 is 5.97 Å². The normalized spacial score (nSPS) is 13.1. The van der Waals surface area contributed by atoms with Crippen molar-refractivity contribution in [2.45, 2.75) is 31.7 Å². The number of hydrogen-bond donors (Lipinski definition) is 1. The zero-order valence-corrected chi connectivity index (χ0v) is 15.2. The number of ether oxygens (including phenoxy) is 3. The lowest BCUT2D eigenvalue weighted by molar-refractivity contribution is -0.148. The highest BCUT2D eigenvalue weighted by Crippen LogP contribution is 2.31. The number of rotatable bonds is 9. The van der Waals surface area contributed by atoms with Crippen LogP contribution in [0.2, 0.25) is 0 Å². The molecule has 9 nitrogen and oxygen atoms in total. The fourth-order valence-corrected chi connectivity index (χ4v) is 2.37. The third-order valence-corrected chi connectivity index (χ3v) is 3.96. The van der Waals surface area contributed by atoms with E-state index in [0.29, 0.717) is 28.8 Å². The van der Waals surface area contributed by atoms with Gasteiger partial charge in [-0.15, -0.1) is 0 Å². The molecular weight excluding hydrogens is 354 g/mol.